The van der Waals surface area contributed by atoms with E-state index in [0.29, 0.717) is 12.5 Å². The number of alkyl halides is 3. The minimum absolute atomic E-state index is 0.104. The predicted molar refractivity (Wildman–Crippen MR) is 57.8 cm³/mol. The number of aromatic amines is 1. The fraction of sp³-hybridized carbons (Fsp3) is 0.727. The van der Waals surface area contributed by atoms with Gasteiger partial charge >= 0.3 is 6.18 Å². The van der Waals surface area contributed by atoms with Crippen LogP contribution in [0.4, 0.5) is 13.2 Å². The minimum Gasteiger partial charge on any atom is -0.302 e. The van der Waals surface area contributed by atoms with E-state index in [1.165, 1.54) is 0 Å². The highest BCUT2D eigenvalue weighted by Gasteiger charge is 2.31. The van der Waals surface area contributed by atoms with Gasteiger partial charge < -0.3 is 4.90 Å². The summed E-state index contributed by atoms with van der Waals surface area (Å²) in [4.78, 5) is 1.87. The van der Waals surface area contributed by atoms with E-state index in [1.54, 1.807) is 6.20 Å². The molecule has 0 aromatic carbocycles. The summed E-state index contributed by atoms with van der Waals surface area (Å²) in [6.45, 7) is 3.50. The van der Waals surface area contributed by atoms with Crippen LogP contribution in [0.2, 0.25) is 0 Å². The van der Waals surface area contributed by atoms with Gasteiger partial charge in [-0.25, -0.2) is 0 Å². The Bertz CT molecular complexity index is 372. The lowest BCUT2D eigenvalue weighted by Gasteiger charge is -2.16. The van der Waals surface area contributed by atoms with Gasteiger partial charge in [-0.1, -0.05) is 0 Å². The van der Waals surface area contributed by atoms with Gasteiger partial charge in [-0.05, 0) is 25.5 Å². The maximum absolute atomic E-state index is 12.1. The SMILES string of the molecule is Cc1cn[nH]c1C1CCN(CCC(F)(F)F)C1. The molecule has 0 amide bonds. The zero-order valence-electron chi connectivity index (χ0n) is 9.72. The summed E-state index contributed by atoms with van der Waals surface area (Å²) in [6.07, 6.45) is -2.11. The third kappa shape index (κ3) is 3.21. The highest BCUT2D eigenvalue weighted by Crippen LogP contribution is 2.29. The summed E-state index contributed by atoms with van der Waals surface area (Å²) in [6, 6.07) is 0. The van der Waals surface area contributed by atoms with E-state index in [9.17, 15) is 13.2 Å². The summed E-state index contributed by atoms with van der Waals surface area (Å²) in [5.41, 5.74) is 2.16. The maximum atomic E-state index is 12.1. The van der Waals surface area contributed by atoms with Gasteiger partial charge in [0.1, 0.15) is 0 Å². The molecule has 0 saturated carbocycles. The maximum Gasteiger partial charge on any atom is 0.390 e. The molecule has 1 aromatic heterocycles. The van der Waals surface area contributed by atoms with Crippen LogP contribution >= 0.6 is 0 Å². The summed E-state index contributed by atoms with van der Waals surface area (Å²) < 4.78 is 36.3. The monoisotopic (exact) mass is 247 g/mol. The third-order valence-electron chi connectivity index (χ3n) is 3.26. The van der Waals surface area contributed by atoms with Crippen LogP contribution in [0.3, 0.4) is 0 Å². The van der Waals surface area contributed by atoms with Crippen molar-refractivity contribution in [2.45, 2.75) is 31.9 Å². The first-order valence-electron chi connectivity index (χ1n) is 5.74. The molecule has 1 atom stereocenters. The largest absolute Gasteiger partial charge is 0.390 e. The van der Waals surface area contributed by atoms with Gasteiger partial charge in [0.2, 0.25) is 0 Å². The second-order valence-electron chi connectivity index (χ2n) is 4.62. The van der Waals surface area contributed by atoms with Gasteiger partial charge in [0, 0.05) is 24.7 Å². The number of rotatable bonds is 3. The molecule has 1 fully saturated rings. The van der Waals surface area contributed by atoms with Gasteiger partial charge in [-0.3, -0.25) is 5.10 Å². The molecule has 3 nitrogen and oxygen atoms in total. The van der Waals surface area contributed by atoms with Crippen molar-refractivity contribution < 1.29 is 13.2 Å². The summed E-state index contributed by atoms with van der Waals surface area (Å²) in [5.74, 6) is 0.297. The third-order valence-corrected chi connectivity index (χ3v) is 3.26. The van der Waals surface area contributed by atoms with Crippen LogP contribution in [0.25, 0.3) is 0 Å². The first-order valence-corrected chi connectivity index (χ1v) is 5.74. The number of hydrogen-bond donors (Lipinski definition) is 1. The van der Waals surface area contributed by atoms with Crippen LogP contribution < -0.4 is 0 Å². The lowest BCUT2D eigenvalue weighted by atomic mass is 10.0. The Kier molecular flexibility index (Phi) is 3.42. The van der Waals surface area contributed by atoms with Gasteiger partial charge in [0.05, 0.1) is 12.6 Å². The molecule has 1 N–H and O–H groups in total. The van der Waals surface area contributed by atoms with E-state index in [1.807, 2.05) is 11.8 Å². The van der Waals surface area contributed by atoms with Gasteiger partial charge in [-0.2, -0.15) is 18.3 Å². The Morgan fingerprint density at radius 2 is 2.29 bits per heavy atom. The standard InChI is InChI=1S/C11H16F3N3/c1-8-6-15-16-10(8)9-2-4-17(7-9)5-3-11(12,13)14/h6,9H,2-5,7H2,1H3,(H,15,16). The predicted octanol–water partition coefficient (Wildman–Crippen LogP) is 2.46. The van der Waals surface area contributed by atoms with Crippen LogP contribution in [-0.2, 0) is 0 Å². The molecule has 1 aliphatic heterocycles. The zero-order valence-corrected chi connectivity index (χ0v) is 9.72. The first-order chi connectivity index (χ1) is 7.96. The van der Waals surface area contributed by atoms with Crippen molar-refractivity contribution in [1.82, 2.24) is 15.1 Å². The zero-order chi connectivity index (χ0) is 12.5. The number of hydrogen-bond acceptors (Lipinski definition) is 2. The van der Waals surface area contributed by atoms with Crippen LogP contribution in [0.1, 0.15) is 30.0 Å². The molecule has 1 aromatic rings. The number of H-pyrrole nitrogens is 1. The van der Waals surface area contributed by atoms with Crippen LogP contribution in [0, 0.1) is 6.92 Å². The van der Waals surface area contributed by atoms with Crippen molar-refractivity contribution in [1.29, 1.82) is 0 Å². The normalized spacial score (nSPS) is 22.2. The number of aryl methyl sites for hydroxylation is 1. The van der Waals surface area contributed by atoms with Crippen molar-refractivity contribution in [2.24, 2.45) is 0 Å². The minimum atomic E-state index is -4.05. The Labute approximate surface area is 98.0 Å². The summed E-state index contributed by atoms with van der Waals surface area (Å²) in [7, 11) is 0. The van der Waals surface area contributed by atoms with E-state index in [2.05, 4.69) is 10.2 Å². The number of nitrogens with one attached hydrogen (secondary N) is 1. The van der Waals surface area contributed by atoms with Crippen molar-refractivity contribution in [3.8, 4) is 0 Å². The Morgan fingerprint density at radius 1 is 1.53 bits per heavy atom. The van der Waals surface area contributed by atoms with Crippen molar-refractivity contribution >= 4 is 0 Å². The van der Waals surface area contributed by atoms with Crippen LogP contribution in [0.5, 0.6) is 0 Å². The molecular weight excluding hydrogens is 231 g/mol. The Morgan fingerprint density at radius 3 is 2.88 bits per heavy atom. The molecule has 96 valence electrons. The molecule has 0 radical (unpaired) electrons. The lowest BCUT2D eigenvalue weighted by molar-refractivity contribution is -0.137. The van der Waals surface area contributed by atoms with Crippen molar-refractivity contribution in [3.05, 3.63) is 17.5 Å². The summed E-state index contributed by atoms with van der Waals surface area (Å²) >= 11 is 0. The number of aromatic nitrogens is 2. The Balaban J connectivity index is 1.86. The fourth-order valence-corrected chi connectivity index (χ4v) is 2.33. The smallest absolute Gasteiger partial charge is 0.302 e. The van der Waals surface area contributed by atoms with Crippen LogP contribution in [0.15, 0.2) is 6.20 Å². The molecule has 1 aliphatic rings. The van der Waals surface area contributed by atoms with E-state index in [0.717, 1.165) is 24.2 Å². The molecular formula is C11H16F3N3. The second-order valence-corrected chi connectivity index (χ2v) is 4.62. The fourth-order valence-electron chi connectivity index (χ4n) is 2.33. The van der Waals surface area contributed by atoms with Gasteiger partial charge in [-0.15, -0.1) is 0 Å². The number of nitrogens with zero attached hydrogens (tertiary/aromatic N) is 2. The average molecular weight is 247 g/mol. The molecule has 6 heteroatoms. The second kappa shape index (κ2) is 4.68. The molecule has 0 spiro atoms. The molecule has 2 heterocycles. The first kappa shape index (κ1) is 12.4. The summed E-state index contributed by atoms with van der Waals surface area (Å²) in [5, 5.41) is 6.89. The van der Waals surface area contributed by atoms with Crippen LogP contribution in [-0.4, -0.2) is 40.9 Å². The molecule has 0 bridgehead atoms. The lowest BCUT2D eigenvalue weighted by Crippen LogP contribution is -2.26. The van der Waals surface area contributed by atoms with Crippen molar-refractivity contribution in [3.63, 3.8) is 0 Å². The number of halogens is 3. The molecule has 1 unspecified atom stereocenters. The molecule has 2 rings (SSSR count). The number of likely N-dealkylation sites (tertiary alicyclic amines) is 1. The molecule has 17 heavy (non-hydrogen) atoms. The van der Waals surface area contributed by atoms with E-state index < -0.39 is 12.6 Å². The van der Waals surface area contributed by atoms with Crippen molar-refractivity contribution in [2.75, 3.05) is 19.6 Å². The topological polar surface area (TPSA) is 31.9 Å². The van der Waals surface area contributed by atoms with E-state index in [4.69, 9.17) is 0 Å². The molecule has 0 aliphatic carbocycles. The molecule has 1 saturated heterocycles. The van der Waals surface area contributed by atoms with E-state index in [-0.39, 0.29) is 6.54 Å². The average Bonchev–Trinajstić information content (AvgIpc) is 2.81. The highest BCUT2D eigenvalue weighted by molar-refractivity contribution is 5.20. The van der Waals surface area contributed by atoms with E-state index >= 15 is 0 Å². The Hall–Kier alpha value is -1.04. The van der Waals surface area contributed by atoms with Gasteiger partial charge in [0.25, 0.3) is 0 Å². The quantitative estimate of drug-likeness (QED) is 0.889. The highest BCUT2D eigenvalue weighted by atomic mass is 19.4. The van der Waals surface area contributed by atoms with Gasteiger partial charge in [0.15, 0.2) is 0 Å².